The first-order chi connectivity index (χ1) is 11.4. The molecule has 0 aliphatic carbocycles. The second-order valence-corrected chi connectivity index (χ2v) is 7.25. The minimum absolute atomic E-state index is 0.0701. The van der Waals surface area contributed by atoms with Crippen LogP contribution in [0.15, 0.2) is 52.0 Å². The monoisotopic (exact) mass is 351 g/mol. The molecular weight excluding hydrogens is 330 g/mol. The summed E-state index contributed by atoms with van der Waals surface area (Å²) in [7, 11) is -2.09. The number of carbonyl (C=O) groups excluding carboxylic acids is 1. The third-order valence-electron chi connectivity index (χ3n) is 3.42. The fourth-order valence-electron chi connectivity index (χ4n) is 2.14. The molecule has 0 aliphatic rings. The Morgan fingerprint density at radius 1 is 1.21 bits per heavy atom. The molecule has 2 amide bonds. The van der Waals surface area contributed by atoms with Gasteiger partial charge in [0.15, 0.2) is 0 Å². The Bertz CT molecular complexity index is 755. The van der Waals surface area contributed by atoms with Crippen molar-refractivity contribution in [3.63, 3.8) is 0 Å². The van der Waals surface area contributed by atoms with Crippen molar-refractivity contribution in [1.82, 2.24) is 15.4 Å². The van der Waals surface area contributed by atoms with Gasteiger partial charge < -0.3 is 15.1 Å². The lowest BCUT2D eigenvalue weighted by atomic mass is 10.2. The molecule has 0 fully saturated rings. The number of hydrogen-bond acceptors (Lipinski definition) is 4. The van der Waals surface area contributed by atoms with Crippen LogP contribution in [0, 0.1) is 0 Å². The molecule has 0 saturated carbocycles. The average molecular weight is 351 g/mol. The van der Waals surface area contributed by atoms with E-state index in [9.17, 15) is 13.2 Å². The largest absolute Gasteiger partial charge is 0.469 e. The van der Waals surface area contributed by atoms with Gasteiger partial charge in [-0.15, -0.1) is 0 Å². The van der Waals surface area contributed by atoms with E-state index in [4.69, 9.17) is 4.42 Å². The van der Waals surface area contributed by atoms with Gasteiger partial charge in [-0.25, -0.2) is 17.9 Å². The van der Waals surface area contributed by atoms with Gasteiger partial charge >= 0.3 is 6.03 Å². The topological polar surface area (TPSA) is 100 Å². The molecule has 130 valence electrons. The fraction of sp³-hybridized carbons (Fsp3) is 0.312. The van der Waals surface area contributed by atoms with Crippen LogP contribution < -0.4 is 15.4 Å². The van der Waals surface area contributed by atoms with Crippen LogP contribution in [0.5, 0.6) is 0 Å². The molecule has 1 heterocycles. The summed E-state index contributed by atoms with van der Waals surface area (Å²) in [4.78, 5) is 12.1. The van der Waals surface area contributed by atoms with E-state index >= 15 is 0 Å². The maximum absolute atomic E-state index is 11.9. The van der Waals surface area contributed by atoms with E-state index in [-0.39, 0.29) is 17.0 Å². The molecule has 1 aromatic heterocycles. The van der Waals surface area contributed by atoms with Gasteiger partial charge in [-0.05, 0) is 43.8 Å². The first kappa shape index (κ1) is 18.0. The van der Waals surface area contributed by atoms with Crippen molar-refractivity contribution >= 4 is 16.1 Å². The Balaban J connectivity index is 1.81. The quantitative estimate of drug-likeness (QED) is 0.705. The number of nitrogens with one attached hydrogen (secondary N) is 3. The molecule has 1 aromatic carbocycles. The molecule has 2 aromatic rings. The smallest absolute Gasteiger partial charge is 0.315 e. The highest BCUT2D eigenvalue weighted by Crippen LogP contribution is 2.10. The molecule has 0 bridgehead atoms. The number of hydrogen-bond donors (Lipinski definition) is 3. The second-order valence-electron chi connectivity index (χ2n) is 5.36. The molecule has 0 saturated heterocycles. The molecule has 0 spiro atoms. The van der Waals surface area contributed by atoms with Gasteiger partial charge in [0.25, 0.3) is 0 Å². The summed E-state index contributed by atoms with van der Waals surface area (Å²) in [6.45, 7) is 2.19. The van der Waals surface area contributed by atoms with Crippen LogP contribution in [0.2, 0.25) is 0 Å². The number of urea groups is 1. The highest BCUT2D eigenvalue weighted by Gasteiger charge is 2.11. The van der Waals surface area contributed by atoms with Gasteiger partial charge in [0.1, 0.15) is 5.76 Å². The average Bonchev–Trinajstić information content (AvgIpc) is 3.06. The zero-order valence-corrected chi connectivity index (χ0v) is 14.4. The summed E-state index contributed by atoms with van der Waals surface area (Å²) >= 11 is 0. The number of benzene rings is 1. The Labute approximate surface area is 141 Å². The van der Waals surface area contributed by atoms with E-state index in [1.54, 1.807) is 24.5 Å². The van der Waals surface area contributed by atoms with Crippen LogP contribution in [0.1, 0.15) is 18.2 Å². The fourth-order valence-corrected chi connectivity index (χ4v) is 2.87. The van der Waals surface area contributed by atoms with Crippen LogP contribution in [0.3, 0.4) is 0 Å². The van der Waals surface area contributed by atoms with Crippen LogP contribution in [0.4, 0.5) is 4.79 Å². The third kappa shape index (κ3) is 5.10. The van der Waals surface area contributed by atoms with E-state index in [1.165, 1.54) is 19.2 Å². The van der Waals surface area contributed by atoms with Gasteiger partial charge in [-0.1, -0.05) is 12.1 Å². The zero-order chi connectivity index (χ0) is 17.6. The van der Waals surface area contributed by atoms with Crippen molar-refractivity contribution in [2.24, 2.45) is 0 Å². The minimum Gasteiger partial charge on any atom is -0.469 e. The number of furan rings is 1. The predicted octanol–water partition coefficient (Wildman–Crippen LogP) is 1.62. The lowest BCUT2D eigenvalue weighted by Gasteiger charge is -2.13. The molecule has 8 heteroatoms. The highest BCUT2D eigenvalue weighted by molar-refractivity contribution is 7.89. The van der Waals surface area contributed by atoms with E-state index in [0.29, 0.717) is 13.0 Å². The first-order valence-corrected chi connectivity index (χ1v) is 8.98. The summed E-state index contributed by atoms with van der Waals surface area (Å²) in [6, 6.07) is 9.63. The van der Waals surface area contributed by atoms with Gasteiger partial charge in [-0.2, -0.15) is 0 Å². The predicted molar refractivity (Wildman–Crippen MR) is 89.9 cm³/mol. The number of amides is 2. The van der Waals surface area contributed by atoms with Crippen molar-refractivity contribution in [2.75, 3.05) is 7.05 Å². The number of sulfonamides is 1. The Morgan fingerprint density at radius 2 is 1.92 bits per heavy atom. The van der Waals surface area contributed by atoms with Crippen LogP contribution in [-0.4, -0.2) is 27.5 Å². The van der Waals surface area contributed by atoms with Crippen LogP contribution >= 0.6 is 0 Å². The summed E-state index contributed by atoms with van der Waals surface area (Å²) in [6.07, 6.45) is 2.21. The highest BCUT2D eigenvalue weighted by atomic mass is 32.2. The Hall–Kier alpha value is -2.32. The number of carbonyl (C=O) groups is 1. The lowest BCUT2D eigenvalue weighted by molar-refractivity contribution is 0.237. The van der Waals surface area contributed by atoms with E-state index in [0.717, 1.165) is 11.3 Å². The van der Waals surface area contributed by atoms with Crippen molar-refractivity contribution < 1.29 is 17.6 Å². The van der Waals surface area contributed by atoms with E-state index in [1.807, 2.05) is 13.0 Å². The van der Waals surface area contributed by atoms with Crippen molar-refractivity contribution in [3.05, 3.63) is 54.0 Å². The first-order valence-electron chi connectivity index (χ1n) is 7.50. The summed E-state index contributed by atoms with van der Waals surface area (Å²) in [5.74, 6) is 0.809. The Kier molecular flexibility index (Phi) is 5.99. The van der Waals surface area contributed by atoms with Crippen molar-refractivity contribution in [1.29, 1.82) is 0 Å². The SMILES string of the molecule is CNS(=O)(=O)c1ccc(CNC(=O)NC(C)Cc2ccco2)cc1. The molecule has 7 nitrogen and oxygen atoms in total. The molecule has 1 atom stereocenters. The van der Waals surface area contributed by atoms with E-state index < -0.39 is 10.0 Å². The maximum Gasteiger partial charge on any atom is 0.315 e. The normalized spacial score (nSPS) is 12.6. The van der Waals surface area contributed by atoms with Crippen LogP contribution in [-0.2, 0) is 23.0 Å². The molecule has 2 rings (SSSR count). The second kappa shape index (κ2) is 7.98. The standard InChI is InChI=1S/C16H21N3O4S/c1-12(10-14-4-3-9-23-14)19-16(20)18-11-13-5-7-15(8-6-13)24(21,22)17-2/h3-9,12,17H,10-11H2,1-2H3,(H2,18,19,20). The molecule has 24 heavy (non-hydrogen) atoms. The molecule has 1 unspecified atom stereocenters. The minimum atomic E-state index is -3.45. The van der Waals surface area contributed by atoms with Gasteiger partial charge in [-0.3, -0.25) is 0 Å². The van der Waals surface area contributed by atoms with Gasteiger partial charge in [0.2, 0.25) is 10.0 Å². The Morgan fingerprint density at radius 3 is 2.50 bits per heavy atom. The third-order valence-corrected chi connectivity index (χ3v) is 4.85. The molecule has 3 N–H and O–H groups in total. The summed E-state index contributed by atoms with van der Waals surface area (Å²) < 4.78 is 30.8. The van der Waals surface area contributed by atoms with Gasteiger partial charge in [0.05, 0.1) is 11.2 Å². The molecule has 0 aliphatic heterocycles. The molecular formula is C16H21N3O4S. The van der Waals surface area contributed by atoms with Crippen molar-refractivity contribution in [2.45, 2.75) is 30.8 Å². The maximum atomic E-state index is 11.9. The van der Waals surface area contributed by atoms with E-state index in [2.05, 4.69) is 15.4 Å². The zero-order valence-electron chi connectivity index (χ0n) is 13.6. The number of rotatable bonds is 7. The van der Waals surface area contributed by atoms with Gasteiger partial charge in [0, 0.05) is 19.0 Å². The summed E-state index contributed by atoms with van der Waals surface area (Å²) in [5, 5.41) is 5.55. The van der Waals surface area contributed by atoms with Crippen molar-refractivity contribution in [3.8, 4) is 0 Å². The molecule has 0 radical (unpaired) electrons. The summed E-state index contributed by atoms with van der Waals surface area (Å²) in [5.41, 5.74) is 0.805. The van der Waals surface area contributed by atoms with Crippen LogP contribution in [0.25, 0.3) is 0 Å². The lowest BCUT2D eigenvalue weighted by Crippen LogP contribution is -2.41.